The summed E-state index contributed by atoms with van der Waals surface area (Å²) >= 11 is 0. The van der Waals surface area contributed by atoms with Gasteiger partial charge in [-0.3, -0.25) is 4.90 Å². The zero-order chi connectivity index (χ0) is 15.2. The number of hydrogen-bond acceptors (Lipinski definition) is 5. The van der Waals surface area contributed by atoms with Gasteiger partial charge in [-0.05, 0) is 39.1 Å². The highest BCUT2D eigenvalue weighted by Gasteiger charge is 2.30. The summed E-state index contributed by atoms with van der Waals surface area (Å²) in [5, 5.41) is 9.84. The van der Waals surface area contributed by atoms with Crippen LogP contribution < -0.4 is 10.5 Å². The first kappa shape index (κ1) is 16.1. The molecule has 0 bridgehead atoms. The molecule has 2 atom stereocenters. The standard InChI is InChI=1S/C16H27N3O2/c1-18(2)11-14-10-15(20)12-19(14)7-4-8-21-16-6-3-5-13(17)9-16/h3,5-6,9,14-15,20H,4,7-8,10-12,17H2,1-2H3. The molecular weight excluding hydrogens is 266 g/mol. The van der Waals surface area contributed by atoms with Crippen molar-refractivity contribution in [3.8, 4) is 5.75 Å². The molecule has 1 aliphatic heterocycles. The third-order valence-electron chi connectivity index (χ3n) is 3.80. The number of β-amino-alcohol motifs (C(OH)–C–C–N with tert-alkyl or cyclic N) is 1. The molecule has 1 aromatic carbocycles. The number of likely N-dealkylation sites (tertiary alicyclic amines) is 1. The number of likely N-dealkylation sites (N-methyl/N-ethyl adjacent to an activating group) is 1. The van der Waals surface area contributed by atoms with E-state index in [4.69, 9.17) is 10.5 Å². The van der Waals surface area contributed by atoms with Crippen LogP contribution >= 0.6 is 0 Å². The average Bonchev–Trinajstić information content (AvgIpc) is 2.74. The predicted octanol–water partition coefficient (Wildman–Crippen LogP) is 1.03. The van der Waals surface area contributed by atoms with E-state index >= 15 is 0 Å². The summed E-state index contributed by atoms with van der Waals surface area (Å²) in [7, 11) is 4.15. The summed E-state index contributed by atoms with van der Waals surface area (Å²) in [5.41, 5.74) is 6.44. The van der Waals surface area contributed by atoms with Gasteiger partial charge in [0, 0.05) is 37.4 Å². The van der Waals surface area contributed by atoms with Crippen molar-refractivity contribution < 1.29 is 9.84 Å². The fraction of sp³-hybridized carbons (Fsp3) is 0.625. The van der Waals surface area contributed by atoms with Crippen LogP contribution in [0.3, 0.4) is 0 Å². The molecular formula is C16H27N3O2. The molecule has 1 fully saturated rings. The van der Waals surface area contributed by atoms with E-state index in [1.165, 1.54) is 0 Å². The number of benzene rings is 1. The van der Waals surface area contributed by atoms with Crippen LogP contribution in [-0.2, 0) is 0 Å². The van der Waals surface area contributed by atoms with E-state index in [9.17, 15) is 5.11 Å². The summed E-state index contributed by atoms with van der Waals surface area (Å²) in [6.45, 7) is 3.40. The lowest BCUT2D eigenvalue weighted by Crippen LogP contribution is -2.38. The Morgan fingerprint density at radius 1 is 1.43 bits per heavy atom. The first-order valence-electron chi connectivity index (χ1n) is 7.60. The van der Waals surface area contributed by atoms with Gasteiger partial charge < -0.3 is 20.5 Å². The lowest BCUT2D eigenvalue weighted by molar-refractivity contribution is 0.166. The van der Waals surface area contributed by atoms with Crippen LogP contribution in [0.1, 0.15) is 12.8 Å². The molecule has 2 rings (SSSR count). The van der Waals surface area contributed by atoms with E-state index < -0.39 is 0 Å². The predicted molar refractivity (Wildman–Crippen MR) is 85.5 cm³/mol. The van der Waals surface area contributed by atoms with Crippen molar-refractivity contribution in [3.63, 3.8) is 0 Å². The topological polar surface area (TPSA) is 62.0 Å². The maximum atomic E-state index is 9.84. The SMILES string of the molecule is CN(C)CC1CC(O)CN1CCCOc1cccc(N)c1. The fourth-order valence-corrected chi connectivity index (χ4v) is 2.90. The Hall–Kier alpha value is -1.30. The van der Waals surface area contributed by atoms with E-state index in [1.807, 2.05) is 24.3 Å². The van der Waals surface area contributed by atoms with E-state index in [0.29, 0.717) is 12.6 Å². The van der Waals surface area contributed by atoms with Crippen molar-refractivity contribution in [2.45, 2.75) is 25.0 Å². The van der Waals surface area contributed by atoms with Crippen molar-refractivity contribution in [3.05, 3.63) is 24.3 Å². The molecule has 1 saturated heterocycles. The average molecular weight is 293 g/mol. The van der Waals surface area contributed by atoms with E-state index in [2.05, 4.69) is 23.9 Å². The summed E-state index contributed by atoms with van der Waals surface area (Å²) in [6, 6.07) is 7.96. The summed E-state index contributed by atoms with van der Waals surface area (Å²) < 4.78 is 5.71. The molecule has 0 amide bonds. The molecule has 2 unspecified atom stereocenters. The third-order valence-corrected chi connectivity index (χ3v) is 3.80. The molecule has 0 aromatic heterocycles. The molecule has 118 valence electrons. The number of nitrogens with zero attached hydrogens (tertiary/aromatic N) is 2. The zero-order valence-electron chi connectivity index (χ0n) is 13.0. The van der Waals surface area contributed by atoms with Crippen LogP contribution in [0.4, 0.5) is 5.69 Å². The molecule has 1 aliphatic rings. The molecule has 5 nitrogen and oxygen atoms in total. The van der Waals surface area contributed by atoms with Crippen molar-refractivity contribution in [2.75, 3.05) is 46.1 Å². The largest absolute Gasteiger partial charge is 0.493 e. The first-order chi connectivity index (χ1) is 10.0. The number of nitrogen functional groups attached to an aromatic ring is 1. The second-order valence-electron chi connectivity index (χ2n) is 6.08. The Kier molecular flexibility index (Phi) is 5.85. The van der Waals surface area contributed by atoms with Gasteiger partial charge in [0.05, 0.1) is 12.7 Å². The summed E-state index contributed by atoms with van der Waals surface area (Å²) in [4.78, 5) is 4.55. The fourth-order valence-electron chi connectivity index (χ4n) is 2.90. The second kappa shape index (κ2) is 7.64. The van der Waals surface area contributed by atoms with Gasteiger partial charge in [0.15, 0.2) is 0 Å². The van der Waals surface area contributed by atoms with Crippen molar-refractivity contribution in [1.82, 2.24) is 9.80 Å². The molecule has 0 radical (unpaired) electrons. The Morgan fingerprint density at radius 2 is 2.24 bits per heavy atom. The van der Waals surface area contributed by atoms with Crippen LogP contribution in [0.2, 0.25) is 0 Å². The smallest absolute Gasteiger partial charge is 0.121 e. The number of ether oxygens (including phenoxy) is 1. The van der Waals surface area contributed by atoms with Crippen LogP contribution in [-0.4, -0.2) is 67.4 Å². The number of nitrogens with two attached hydrogens (primary N) is 1. The highest BCUT2D eigenvalue weighted by Crippen LogP contribution is 2.19. The maximum Gasteiger partial charge on any atom is 0.121 e. The van der Waals surface area contributed by atoms with Crippen molar-refractivity contribution in [2.24, 2.45) is 0 Å². The van der Waals surface area contributed by atoms with Gasteiger partial charge in [-0.2, -0.15) is 0 Å². The van der Waals surface area contributed by atoms with Gasteiger partial charge in [-0.15, -0.1) is 0 Å². The van der Waals surface area contributed by atoms with Crippen LogP contribution in [0, 0.1) is 0 Å². The molecule has 0 aliphatic carbocycles. The Balaban J connectivity index is 1.72. The first-order valence-corrected chi connectivity index (χ1v) is 7.60. The number of aliphatic hydroxyl groups is 1. The van der Waals surface area contributed by atoms with Gasteiger partial charge in [0.2, 0.25) is 0 Å². The number of rotatable bonds is 7. The summed E-state index contributed by atoms with van der Waals surface area (Å²) in [6.07, 6.45) is 1.63. The van der Waals surface area contributed by atoms with Gasteiger partial charge in [-0.25, -0.2) is 0 Å². The number of hydrogen-bond donors (Lipinski definition) is 2. The molecule has 3 N–H and O–H groups in total. The quantitative estimate of drug-likeness (QED) is 0.581. The number of aliphatic hydroxyl groups excluding tert-OH is 1. The Bertz CT molecular complexity index is 439. The van der Waals surface area contributed by atoms with E-state index in [1.54, 1.807) is 0 Å². The highest BCUT2D eigenvalue weighted by molar-refractivity contribution is 5.43. The maximum absolute atomic E-state index is 9.84. The van der Waals surface area contributed by atoms with Crippen molar-refractivity contribution >= 4 is 5.69 Å². The minimum absolute atomic E-state index is 0.190. The van der Waals surface area contributed by atoms with Gasteiger partial charge >= 0.3 is 0 Å². The van der Waals surface area contributed by atoms with Crippen LogP contribution in [0.25, 0.3) is 0 Å². The highest BCUT2D eigenvalue weighted by atomic mass is 16.5. The van der Waals surface area contributed by atoms with Gasteiger partial charge in [0.1, 0.15) is 5.75 Å². The minimum Gasteiger partial charge on any atom is -0.493 e. The van der Waals surface area contributed by atoms with Crippen molar-refractivity contribution in [1.29, 1.82) is 0 Å². The zero-order valence-corrected chi connectivity index (χ0v) is 13.0. The van der Waals surface area contributed by atoms with Crippen LogP contribution in [0.15, 0.2) is 24.3 Å². The van der Waals surface area contributed by atoms with E-state index in [-0.39, 0.29) is 6.10 Å². The Labute approximate surface area is 127 Å². The number of anilines is 1. The molecule has 0 spiro atoms. The lowest BCUT2D eigenvalue weighted by atomic mass is 10.2. The third kappa shape index (κ3) is 5.19. The second-order valence-corrected chi connectivity index (χ2v) is 6.08. The van der Waals surface area contributed by atoms with Gasteiger partial charge in [-0.1, -0.05) is 6.07 Å². The monoisotopic (exact) mass is 293 g/mol. The van der Waals surface area contributed by atoms with E-state index in [0.717, 1.165) is 43.9 Å². The lowest BCUT2D eigenvalue weighted by Gasteiger charge is -2.26. The normalized spacial score (nSPS) is 22.9. The molecule has 1 heterocycles. The van der Waals surface area contributed by atoms with Gasteiger partial charge in [0.25, 0.3) is 0 Å². The summed E-state index contributed by atoms with van der Waals surface area (Å²) in [5.74, 6) is 0.821. The molecule has 5 heteroatoms. The molecule has 21 heavy (non-hydrogen) atoms. The van der Waals surface area contributed by atoms with Crippen LogP contribution in [0.5, 0.6) is 5.75 Å². The Morgan fingerprint density at radius 3 is 2.95 bits per heavy atom. The minimum atomic E-state index is -0.190. The molecule has 0 saturated carbocycles. The molecule has 1 aromatic rings.